The van der Waals surface area contributed by atoms with E-state index >= 15 is 0 Å². The molecule has 1 aromatic rings. The molecule has 0 aliphatic rings. The Bertz CT molecular complexity index is 377. The van der Waals surface area contributed by atoms with E-state index in [0.29, 0.717) is 0 Å². The van der Waals surface area contributed by atoms with E-state index in [1.807, 2.05) is 13.8 Å². The van der Waals surface area contributed by atoms with Crippen LogP contribution in [-0.4, -0.2) is 0 Å². The number of nitriles is 1. The summed E-state index contributed by atoms with van der Waals surface area (Å²) in [5.74, 6) is -0.497. The zero-order valence-electron chi connectivity index (χ0n) is 8.34. The van der Waals surface area contributed by atoms with Gasteiger partial charge in [-0.25, -0.2) is 4.39 Å². The number of halogens is 1. The molecule has 0 aliphatic heterocycles. The van der Waals surface area contributed by atoms with Gasteiger partial charge in [-0.1, -0.05) is 13.0 Å². The second kappa shape index (κ2) is 3.77. The average molecular weight is 192 g/mol. The summed E-state index contributed by atoms with van der Waals surface area (Å²) in [4.78, 5) is 0. The first-order valence-electron chi connectivity index (χ1n) is 4.50. The van der Waals surface area contributed by atoms with Crippen molar-refractivity contribution < 1.29 is 4.39 Å². The number of nitrogens with two attached hydrogens (primary N) is 1. The molecule has 74 valence electrons. The summed E-state index contributed by atoms with van der Waals surface area (Å²) < 4.78 is 13.0. The Morgan fingerprint density at radius 3 is 2.71 bits per heavy atom. The molecule has 0 saturated heterocycles. The topological polar surface area (TPSA) is 49.8 Å². The predicted molar refractivity (Wildman–Crippen MR) is 52.9 cm³/mol. The Kier molecular flexibility index (Phi) is 2.87. The highest BCUT2D eigenvalue weighted by Gasteiger charge is 2.19. The van der Waals surface area contributed by atoms with Gasteiger partial charge in [-0.05, 0) is 31.0 Å². The Morgan fingerprint density at radius 2 is 2.21 bits per heavy atom. The molecule has 0 fully saturated rings. The van der Waals surface area contributed by atoms with Crippen LogP contribution in [0, 0.1) is 17.1 Å². The van der Waals surface area contributed by atoms with E-state index in [1.165, 1.54) is 12.1 Å². The molecule has 3 heteroatoms. The molecule has 0 aromatic heterocycles. The van der Waals surface area contributed by atoms with Gasteiger partial charge in [0.25, 0.3) is 0 Å². The van der Waals surface area contributed by atoms with Crippen molar-refractivity contribution in [3.8, 4) is 6.07 Å². The molecule has 0 saturated carbocycles. The standard InChI is InChI=1S/C11H13FN2/c1-3-11(2,14)9-4-5-10(12)8(6-9)7-13/h4-6H,3,14H2,1-2H3. The largest absolute Gasteiger partial charge is 0.322 e. The molecule has 0 aliphatic carbocycles. The number of rotatable bonds is 2. The summed E-state index contributed by atoms with van der Waals surface area (Å²) in [6.07, 6.45) is 0.740. The van der Waals surface area contributed by atoms with Gasteiger partial charge in [0, 0.05) is 5.54 Å². The second-order valence-corrected chi connectivity index (χ2v) is 3.58. The lowest BCUT2D eigenvalue weighted by molar-refractivity contribution is 0.475. The maximum Gasteiger partial charge on any atom is 0.140 e. The number of nitrogens with zero attached hydrogens (tertiary/aromatic N) is 1. The molecule has 2 N–H and O–H groups in total. The van der Waals surface area contributed by atoms with Gasteiger partial charge in [0.1, 0.15) is 11.9 Å². The van der Waals surface area contributed by atoms with Gasteiger partial charge in [0.15, 0.2) is 0 Å². The fraction of sp³-hybridized carbons (Fsp3) is 0.364. The van der Waals surface area contributed by atoms with Crippen molar-refractivity contribution in [2.75, 3.05) is 0 Å². The second-order valence-electron chi connectivity index (χ2n) is 3.58. The highest BCUT2D eigenvalue weighted by atomic mass is 19.1. The summed E-state index contributed by atoms with van der Waals surface area (Å²) >= 11 is 0. The van der Waals surface area contributed by atoms with Crippen LogP contribution in [0.1, 0.15) is 31.4 Å². The van der Waals surface area contributed by atoms with Crippen molar-refractivity contribution in [3.05, 3.63) is 35.1 Å². The third-order valence-corrected chi connectivity index (χ3v) is 2.48. The quantitative estimate of drug-likeness (QED) is 0.781. The zero-order chi connectivity index (χ0) is 10.8. The highest BCUT2D eigenvalue weighted by Crippen LogP contribution is 2.22. The Labute approximate surface area is 83.2 Å². The van der Waals surface area contributed by atoms with Crippen molar-refractivity contribution in [2.45, 2.75) is 25.8 Å². The fourth-order valence-corrected chi connectivity index (χ4v) is 1.17. The molecule has 0 amide bonds. The molecule has 0 spiro atoms. The SMILES string of the molecule is CCC(C)(N)c1ccc(F)c(C#N)c1. The van der Waals surface area contributed by atoms with Gasteiger partial charge in [0.2, 0.25) is 0 Å². The van der Waals surface area contributed by atoms with E-state index in [1.54, 1.807) is 12.1 Å². The van der Waals surface area contributed by atoms with Crippen molar-refractivity contribution in [1.82, 2.24) is 0 Å². The molecule has 0 radical (unpaired) electrons. The van der Waals surface area contributed by atoms with Crippen molar-refractivity contribution >= 4 is 0 Å². The molecule has 1 aromatic carbocycles. The molecule has 2 nitrogen and oxygen atoms in total. The van der Waals surface area contributed by atoms with Crippen LogP contribution in [0.4, 0.5) is 4.39 Å². The maximum atomic E-state index is 13.0. The summed E-state index contributed by atoms with van der Waals surface area (Å²) in [5.41, 5.74) is 6.32. The molecular weight excluding hydrogens is 179 g/mol. The van der Waals surface area contributed by atoms with Crippen molar-refractivity contribution in [3.63, 3.8) is 0 Å². The summed E-state index contributed by atoms with van der Waals surface area (Å²) in [7, 11) is 0. The lowest BCUT2D eigenvalue weighted by Crippen LogP contribution is -2.32. The van der Waals surface area contributed by atoms with E-state index < -0.39 is 11.4 Å². The van der Waals surface area contributed by atoms with E-state index in [-0.39, 0.29) is 5.56 Å². The van der Waals surface area contributed by atoms with Crippen LogP contribution in [0.2, 0.25) is 0 Å². The molecule has 1 rings (SSSR count). The minimum atomic E-state index is -0.501. The van der Waals surface area contributed by atoms with E-state index in [4.69, 9.17) is 11.0 Å². The number of benzene rings is 1. The third kappa shape index (κ3) is 1.91. The summed E-state index contributed by atoms with van der Waals surface area (Å²) in [5, 5.41) is 8.65. The average Bonchev–Trinajstić information content (AvgIpc) is 2.18. The van der Waals surface area contributed by atoms with E-state index in [2.05, 4.69) is 0 Å². The van der Waals surface area contributed by atoms with Crippen LogP contribution < -0.4 is 5.73 Å². The van der Waals surface area contributed by atoms with Crippen LogP contribution in [0.5, 0.6) is 0 Å². The monoisotopic (exact) mass is 192 g/mol. The van der Waals surface area contributed by atoms with Crippen LogP contribution in [0.15, 0.2) is 18.2 Å². The van der Waals surface area contributed by atoms with Gasteiger partial charge in [-0.2, -0.15) is 5.26 Å². The minimum absolute atomic E-state index is 0.0487. The fourth-order valence-electron chi connectivity index (χ4n) is 1.17. The third-order valence-electron chi connectivity index (χ3n) is 2.48. The normalized spacial score (nSPS) is 14.5. The molecule has 1 unspecified atom stereocenters. The molecule has 0 heterocycles. The van der Waals surface area contributed by atoms with Crippen molar-refractivity contribution in [2.24, 2.45) is 5.73 Å². The van der Waals surface area contributed by atoms with Gasteiger partial charge in [-0.3, -0.25) is 0 Å². The smallest absolute Gasteiger partial charge is 0.140 e. The van der Waals surface area contributed by atoms with Gasteiger partial charge < -0.3 is 5.73 Å². The molecule has 1 atom stereocenters. The Hall–Kier alpha value is -1.40. The molecular formula is C11H13FN2. The summed E-state index contributed by atoms with van der Waals surface area (Å²) in [6.45, 7) is 3.82. The number of hydrogen-bond donors (Lipinski definition) is 1. The first-order chi connectivity index (χ1) is 6.51. The lowest BCUT2D eigenvalue weighted by Gasteiger charge is -2.23. The van der Waals surface area contributed by atoms with Crippen molar-refractivity contribution in [1.29, 1.82) is 5.26 Å². The van der Waals surface area contributed by atoms with Gasteiger partial charge in [0.05, 0.1) is 5.56 Å². The Balaban J connectivity index is 3.21. The van der Waals surface area contributed by atoms with E-state index in [0.717, 1.165) is 12.0 Å². The first kappa shape index (κ1) is 10.7. The first-order valence-corrected chi connectivity index (χ1v) is 4.50. The molecule has 14 heavy (non-hydrogen) atoms. The van der Waals surface area contributed by atoms with Gasteiger partial charge >= 0.3 is 0 Å². The van der Waals surface area contributed by atoms with Gasteiger partial charge in [-0.15, -0.1) is 0 Å². The van der Waals surface area contributed by atoms with Crippen LogP contribution >= 0.6 is 0 Å². The lowest BCUT2D eigenvalue weighted by atomic mass is 9.89. The zero-order valence-corrected chi connectivity index (χ0v) is 8.34. The van der Waals surface area contributed by atoms with E-state index in [9.17, 15) is 4.39 Å². The Morgan fingerprint density at radius 1 is 1.57 bits per heavy atom. The predicted octanol–water partition coefficient (Wildman–Crippen LogP) is 2.28. The molecule has 0 bridgehead atoms. The maximum absolute atomic E-state index is 13.0. The van der Waals surface area contributed by atoms with Crippen LogP contribution in [-0.2, 0) is 5.54 Å². The minimum Gasteiger partial charge on any atom is -0.322 e. The number of hydrogen-bond acceptors (Lipinski definition) is 2. The van der Waals surface area contributed by atoms with Crippen LogP contribution in [0.25, 0.3) is 0 Å². The highest BCUT2D eigenvalue weighted by molar-refractivity contribution is 5.37. The summed E-state index contributed by atoms with van der Waals surface area (Å²) in [6, 6.07) is 6.23. The van der Waals surface area contributed by atoms with Crippen LogP contribution in [0.3, 0.4) is 0 Å².